The Balaban J connectivity index is 2.12. The van der Waals surface area contributed by atoms with Crippen LogP contribution in [0.1, 0.15) is 24.2 Å². The minimum absolute atomic E-state index is 0.0718. The van der Waals surface area contributed by atoms with Crippen molar-refractivity contribution in [2.75, 3.05) is 7.11 Å². The molecular formula is C18H22ClNO2. The van der Waals surface area contributed by atoms with Gasteiger partial charge in [0.05, 0.1) is 13.2 Å². The Bertz CT molecular complexity index is 618. The monoisotopic (exact) mass is 319 g/mol. The zero-order valence-electron chi connectivity index (χ0n) is 12.9. The second-order valence-corrected chi connectivity index (χ2v) is 5.94. The molecule has 0 bridgehead atoms. The zero-order valence-corrected chi connectivity index (χ0v) is 13.6. The molecule has 0 aliphatic heterocycles. The van der Waals surface area contributed by atoms with E-state index in [2.05, 4.69) is 0 Å². The molecule has 2 aromatic rings. The predicted octanol–water partition coefficient (Wildman–Crippen LogP) is 3.59. The van der Waals surface area contributed by atoms with Gasteiger partial charge < -0.3 is 15.6 Å². The van der Waals surface area contributed by atoms with Gasteiger partial charge in [0.15, 0.2) is 0 Å². The molecule has 0 saturated heterocycles. The number of aliphatic hydroxyl groups excluding tert-OH is 1. The van der Waals surface area contributed by atoms with Crippen molar-refractivity contribution in [2.24, 2.45) is 11.7 Å². The lowest BCUT2D eigenvalue weighted by atomic mass is 9.88. The van der Waals surface area contributed by atoms with Crippen molar-refractivity contribution in [3.05, 3.63) is 64.7 Å². The maximum Gasteiger partial charge on any atom is 0.122 e. The topological polar surface area (TPSA) is 55.5 Å². The molecule has 0 amide bonds. The Labute approximate surface area is 136 Å². The molecule has 22 heavy (non-hydrogen) atoms. The molecule has 3 atom stereocenters. The fraction of sp³-hybridized carbons (Fsp3) is 0.333. The van der Waals surface area contributed by atoms with E-state index in [-0.39, 0.29) is 5.92 Å². The molecule has 4 heteroatoms. The smallest absolute Gasteiger partial charge is 0.122 e. The highest BCUT2D eigenvalue weighted by molar-refractivity contribution is 6.31. The van der Waals surface area contributed by atoms with Crippen molar-refractivity contribution in [3.63, 3.8) is 0 Å². The first-order valence-corrected chi connectivity index (χ1v) is 7.72. The minimum atomic E-state index is -0.793. The highest BCUT2D eigenvalue weighted by Crippen LogP contribution is 2.29. The molecular weight excluding hydrogens is 298 g/mol. The van der Waals surface area contributed by atoms with Crippen LogP contribution in [0.4, 0.5) is 0 Å². The quantitative estimate of drug-likeness (QED) is 0.855. The Morgan fingerprint density at radius 2 is 1.77 bits per heavy atom. The Hall–Kier alpha value is -1.55. The number of benzene rings is 2. The number of methoxy groups -OCH3 is 1. The van der Waals surface area contributed by atoms with Crippen molar-refractivity contribution in [1.82, 2.24) is 0 Å². The van der Waals surface area contributed by atoms with E-state index in [0.717, 1.165) is 17.7 Å². The summed E-state index contributed by atoms with van der Waals surface area (Å²) in [6.45, 7) is 2.02. The van der Waals surface area contributed by atoms with Crippen LogP contribution in [0.5, 0.6) is 5.75 Å². The summed E-state index contributed by atoms with van der Waals surface area (Å²) in [6, 6.07) is 14.7. The number of halogens is 1. The molecule has 0 aliphatic carbocycles. The summed E-state index contributed by atoms with van der Waals surface area (Å²) >= 11 is 6.14. The molecule has 118 valence electrons. The number of para-hydroxylation sites is 1. The normalized spacial score (nSPS) is 15.1. The van der Waals surface area contributed by atoms with Gasteiger partial charge in [-0.15, -0.1) is 0 Å². The summed E-state index contributed by atoms with van der Waals surface area (Å²) in [7, 11) is 1.65. The number of ether oxygens (including phenoxy) is 1. The fourth-order valence-electron chi connectivity index (χ4n) is 2.59. The van der Waals surface area contributed by atoms with Crippen molar-refractivity contribution in [3.8, 4) is 5.75 Å². The maximum absolute atomic E-state index is 10.5. The average molecular weight is 320 g/mol. The van der Waals surface area contributed by atoms with Crippen molar-refractivity contribution < 1.29 is 9.84 Å². The van der Waals surface area contributed by atoms with Crippen LogP contribution in [-0.4, -0.2) is 18.3 Å². The van der Waals surface area contributed by atoms with Crippen LogP contribution in [0.25, 0.3) is 0 Å². The van der Waals surface area contributed by atoms with Crippen LogP contribution in [0.2, 0.25) is 5.02 Å². The van der Waals surface area contributed by atoms with E-state index in [1.165, 1.54) is 0 Å². The highest BCUT2D eigenvalue weighted by atomic mass is 35.5. The van der Waals surface area contributed by atoms with Gasteiger partial charge in [-0.3, -0.25) is 0 Å². The summed E-state index contributed by atoms with van der Waals surface area (Å²) < 4.78 is 5.37. The van der Waals surface area contributed by atoms with Crippen LogP contribution >= 0.6 is 11.6 Å². The summed E-state index contributed by atoms with van der Waals surface area (Å²) in [5.74, 6) is 0.913. The number of nitrogens with two attached hydrogens (primary N) is 1. The molecule has 0 radical (unpaired) electrons. The number of aliphatic hydroxyl groups is 1. The molecule has 1 unspecified atom stereocenters. The molecule has 0 saturated carbocycles. The molecule has 3 nitrogen and oxygen atoms in total. The minimum Gasteiger partial charge on any atom is -0.496 e. The van der Waals surface area contributed by atoms with Crippen LogP contribution in [0.3, 0.4) is 0 Å². The highest BCUT2D eigenvalue weighted by Gasteiger charge is 2.25. The number of hydrogen-bond acceptors (Lipinski definition) is 3. The van der Waals surface area contributed by atoms with Gasteiger partial charge in [-0.1, -0.05) is 54.9 Å². The van der Waals surface area contributed by atoms with Crippen LogP contribution in [0, 0.1) is 5.92 Å². The first-order chi connectivity index (χ1) is 10.5. The number of hydrogen-bond donors (Lipinski definition) is 2. The van der Waals surface area contributed by atoms with Crippen molar-refractivity contribution >= 4 is 11.6 Å². The Kier molecular flexibility index (Phi) is 5.83. The van der Waals surface area contributed by atoms with Gasteiger partial charge in [0.2, 0.25) is 0 Å². The molecule has 0 aliphatic rings. The van der Waals surface area contributed by atoms with Gasteiger partial charge >= 0.3 is 0 Å². The van der Waals surface area contributed by atoms with Gasteiger partial charge in [-0.25, -0.2) is 0 Å². The lowest BCUT2D eigenvalue weighted by Crippen LogP contribution is -2.36. The van der Waals surface area contributed by atoms with E-state index in [9.17, 15) is 5.11 Å². The predicted molar refractivity (Wildman–Crippen MR) is 90.2 cm³/mol. The van der Waals surface area contributed by atoms with Crippen LogP contribution in [-0.2, 0) is 6.42 Å². The summed E-state index contributed by atoms with van der Waals surface area (Å²) in [4.78, 5) is 0. The lowest BCUT2D eigenvalue weighted by Gasteiger charge is -2.26. The Morgan fingerprint density at radius 1 is 1.14 bits per heavy atom. The number of rotatable bonds is 6. The molecule has 2 aromatic carbocycles. The fourth-order valence-corrected chi connectivity index (χ4v) is 2.84. The first kappa shape index (κ1) is 16.8. The third kappa shape index (κ3) is 3.80. The summed E-state index contributed by atoms with van der Waals surface area (Å²) in [5, 5.41) is 11.0. The van der Waals surface area contributed by atoms with E-state index in [1.807, 2.05) is 49.4 Å². The molecule has 0 fully saturated rings. The standard InChI is InChI=1S/C18H22ClNO2/c1-12(11-13-7-3-6-10-16(13)22-2)17(20)18(21)14-8-4-5-9-15(14)19/h3-10,12,17-18,21H,11,20H2,1-2H3/t12?,17-,18-/m1/s1. The zero-order chi connectivity index (χ0) is 16.1. The van der Waals surface area contributed by atoms with Gasteiger partial charge in [0, 0.05) is 16.6 Å². The second-order valence-electron chi connectivity index (χ2n) is 5.54. The van der Waals surface area contributed by atoms with Gasteiger partial charge in [0.25, 0.3) is 0 Å². The van der Waals surface area contributed by atoms with E-state index < -0.39 is 12.1 Å². The third-order valence-electron chi connectivity index (χ3n) is 3.98. The van der Waals surface area contributed by atoms with E-state index >= 15 is 0 Å². The van der Waals surface area contributed by atoms with E-state index in [1.54, 1.807) is 13.2 Å². The van der Waals surface area contributed by atoms with E-state index in [0.29, 0.717) is 10.6 Å². The van der Waals surface area contributed by atoms with Crippen molar-refractivity contribution in [1.29, 1.82) is 0 Å². The molecule has 0 heterocycles. The maximum atomic E-state index is 10.5. The SMILES string of the molecule is COc1ccccc1CC(C)[C@@H](N)[C@H](O)c1ccccc1Cl. The average Bonchev–Trinajstić information content (AvgIpc) is 2.54. The first-order valence-electron chi connectivity index (χ1n) is 7.34. The van der Waals surface area contributed by atoms with Crippen molar-refractivity contribution in [2.45, 2.75) is 25.5 Å². The van der Waals surface area contributed by atoms with Crippen LogP contribution in [0.15, 0.2) is 48.5 Å². The summed E-state index contributed by atoms with van der Waals surface area (Å²) in [5.41, 5.74) is 8.00. The molecule has 0 aromatic heterocycles. The summed E-state index contributed by atoms with van der Waals surface area (Å²) in [6.07, 6.45) is -0.0643. The lowest BCUT2D eigenvalue weighted by molar-refractivity contribution is 0.121. The molecule has 0 spiro atoms. The van der Waals surface area contributed by atoms with Gasteiger partial charge in [0.1, 0.15) is 5.75 Å². The Morgan fingerprint density at radius 3 is 2.45 bits per heavy atom. The van der Waals surface area contributed by atoms with Crippen LogP contribution < -0.4 is 10.5 Å². The third-order valence-corrected chi connectivity index (χ3v) is 4.32. The van der Waals surface area contributed by atoms with E-state index in [4.69, 9.17) is 22.1 Å². The molecule has 3 N–H and O–H groups in total. The molecule has 2 rings (SSSR count). The largest absolute Gasteiger partial charge is 0.496 e. The van der Waals surface area contributed by atoms with Gasteiger partial charge in [-0.2, -0.15) is 0 Å². The second kappa shape index (κ2) is 7.63. The van der Waals surface area contributed by atoms with Gasteiger partial charge in [-0.05, 0) is 30.0 Å².